The quantitative estimate of drug-likeness (QED) is 0.735. The van der Waals surface area contributed by atoms with E-state index < -0.39 is 0 Å². The molecule has 6 heteroatoms. The molecule has 0 amide bonds. The van der Waals surface area contributed by atoms with Gasteiger partial charge in [0.05, 0.1) is 14.7 Å². The molecule has 0 saturated heterocycles. The first-order valence-corrected chi connectivity index (χ1v) is 6.41. The molecule has 0 radical (unpaired) electrons. The predicted molar refractivity (Wildman–Crippen MR) is 72.9 cm³/mol. The van der Waals surface area contributed by atoms with Gasteiger partial charge in [0.1, 0.15) is 0 Å². The molecule has 2 N–H and O–H groups in total. The van der Waals surface area contributed by atoms with Crippen molar-refractivity contribution in [2.45, 2.75) is 0 Å². The van der Waals surface area contributed by atoms with Crippen LogP contribution in [0.5, 0.6) is 0 Å². The van der Waals surface area contributed by atoms with Crippen LogP contribution >= 0.6 is 34.5 Å². The first-order chi connectivity index (χ1) is 8.15. The summed E-state index contributed by atoms with van der Waals surface area (Å²) in [5.41, 5.74) is 7.27. The highest BCUT2D eigenvalue weighted by molar-refractivity contribution is 7.19. The molecule has 0 aliphatic rings. The number of hydrogen-bond donors (Lipinski definition) is 1. The van der Waals surface area contributed by atoms with Crippen LogP contribution in [0.2, 0.25) is 9.49 Å². The first-order valence-electron chi connectivity index (χ1n) is 4.84. The van der Waals surface area contributed by atoms with E-state index in [2.05, 4.69) is 4.98 Å². The van der Waals surface area contributed by atoms with E-state index in [9.17, 15) is 0 Å². The molecule has 0 bridgehead atoms. The summed E-state index contributed by atoms with van der Waals surface area (Å²) in [6, 6.07) is 7.40. The van der Waals surface area contributed by atoms with Gasteiger partial charge >= 0.3 is 0 Å². The summed E-state index contributed by atoms with van der Waals surface area (Å²) in [5.74, 6) is 0.759. The number of halogens is 2. The number of rotatable bonds is 1. The van der Waals surface area contributed by atoms with Crippen molar-refractivity contribution in [1.29, 1.82) is 0 Å². The molecule has 3 rings (SSSR count). The molecule has 86 valence electrons. The van der Waals surface area contributed by atoms with Gasteiger partial charge in [0.25, 0.3) is 0 Å². The highest BCUT2D eigenvalue weighted by atomic mass is 35.5. The maximum atomic E-state index is 6.09. The molecule has 0 spiro atoms. The second kappa shape index (κ2) is 3.91. The molecule has 3 aromatic heterocycles. The SMILES string of the molecule is Nc1ccc2c(Cl)nc(-c3ccc(Cl)s3)n2c1. The van der Waals surface area contributed by atoms with Crippen LogP contribution in [-0.4, -0.2) is 9.38 Å². The molecule has 3 aromatic rings. The molecule has 0 saturated carbocycles. The number of imidazole rings is 1. The van der Waals surface area contributed by atoms with Crippen molar-refractivity contribution in [3.63, 3.8) is 0 Å². The number of aromatic nitrogens is 2. The first kappa shape index (κ1) is 10.9. The van der Waals surface area contributed by atoms with Crippen molar-refractivity contribution in [2.75, 3.05) is 5.73 Å². The molecule has 0 atom stereocenters. The number of pyridine rings is 1. The van der Waals surface area contributed by atoms with Crippen LogP contribution in [0.4, 0.5) is 5.69 Å². The Hall–Kier alpha value is -1.23. The van der Waals surface area contributed by atoms with E-state index in [1.54, 1.807) is 12.3 Å². The average molecular weight is 284 g/mol. The second-order valence-electron chi connectivity index (χ2n) is 3.55. The zero-order valence-electron chi connectivity index (χ0n) is 8.52. The fourth-order valence-electron chi connectivity index (χ4n) is 1.67. The van der Waals surface area contributed by atoms with Crippen LogP contribution < -0.4 is 5.73 Å². The number of hydrogen-bond acceptors (Lipinski definition) is 3. The van der Waals surface area contributed by atoms with Crippen molar-refractivity contribution in [1.82, 2.24) is 9.38 Å². The van der Waals surface area contributed by atoms with Gasteiger partial charge in [-0.3, -0.25) is 4.40 Å². The van der Waals surface area contributed by atoms with Gasteiger partial charge in [-0.05, 0) is 24.3 Å². The minimum absolute atomic E-state index is 0.463. The van der Waals surface area contributed by atoms with Crippen LogP contribution in [-0.2, 0) is 0 Å². The molecule has 0 unspecified atom stereocenters. The summed E-state index contributed by atoms with van der Waals surface area (Å²) in [4.78, 5) is 5.30. The Kier molecular flexibility index (Phi) is 2.50. The standard InChI is InChI=1S/C11H7Cl2N3S/c12-9-4-3-8(17-9)11-15-10(13)7-2-1-6(14)5-16(7)11/h1-5H,14H2. The van der Waals surface area contributed by atoms with Crippen molar-refractivity contribution < 1.29 is 0 Å². The Bertz CT molecular complexity index is 702. The summed E-state index contributed by atoms with van der Waals surface area (Å²) in [5, 5.41) is 0.463. The van der Waals surface area contributed by atoms with Crippen molar-refractivity contribution in [3.05, 3.63) is 40.0 Å². The lowest BCUT2D eigenvalue weighted by Crippen LogP contribution is -1.91. The van der Waals surface area contributed by atoms with Crippen LogP contribution in [0.15, 0.2) is 30.5 Å². The summed E-state index contributed by atoms with van der Waals surface area (Å²) >= 11 is 13.5. The highest BCUT2D eigenvalue weighted by Gasteiger charge is 2.12. The third-order valence-electron chi connectivity index (χ3n) is 2.41. The smallest absolute Gasteiger partial charge is 0.156 e. The topological polar surface area (TPSA) is 43.3 Å². The van der Waals surface area contributed by atoms with Gasteiger partial charge in [-0.15, -0.1) is 11.3 Å². The zero-order chi connectivity index (χ0) is 12.0. The largest absolute Gasteiger partial charge is 0.398 e. The third-order valence-corrected chi connectivity index (χ3v) is 3.91. The molecule has 0 aliphatic heterocycles. The van der Waals surface area contributed by atoms with E-state index in [1.165, 1.54) is 11.3 Å². The molecule has 0 aromatic carbocycles. The molecule has 0 fully saturated rings. The molecule has 3 heterocycles. The van der Waals surface area contributed by atoms with Crippen LogP contribution in [0.25, 0.3) is 16.2 Å². The Labute approximate surface area is 111 Å². The highest BCUT2D eigenvalue weighted by Crippen LogP contribution is 2.33. The van der Waals surface area contributed by atoms with E-state index in [4.69, 9.17) is 28.9 Å². The Morgan fingerprint density at radius 1 is 1.18 bits per heavy atom. The monoisotopic (exact) mass is 283 g/mol. The fourth-order valence-corrected chi connectivity index (χ4v) is 2.94. The Balaban J connectivity index is 2.33. The maximum Gasteiger partial charge on any atom is 0.156 e. The molecular weight excluding hydrogens is 277 g/mol. The second-order valence-corrected chi connectivity index (χ2v) is 5.62. The van der Waals surface area contributed by atoms with Crippen molar-refractivity contribution >= 4 is 45.7 Å². The number of nitrogen functional groups attached to an aromatic ring is 1. The van der Waals surface area contributed by atoms with Gasteiger partial charge in [0.15, 0.2) is 11.0 Å². The van der Waals surface area contributed by atoms with Crippen LogP contribution in [0, 0.1) is 0 Å². The number of fused-ring (bicyclic) bond motifs is 1. The lowest BCUT2D eigenvalue weighted by molar-refractivity contribution is 1.17. The summed E-state index contributed by atoms with van der Waals surface area (Å²) < 4.78 is 2.59. The van der Waals surface area contributed by atoms with Crippen molar-refractivity contribution in [3.8, 4) is 10.7 Å². The third kappa shape index (κ3) is 1.78. The van der Waals surface area contributed by atoms with Crippen molar-refractivity contribution in [2.24, 2.45) is 0 Å². The van der Waals surface area contributed by atoms with E-state index >= 15 is 0 Å². The molecule has 17 heavy (non-hydrogen) atoms. The maximum absolute atomic E-state index is 6.09. The van der Waals surface area contributed by atoms with Gasteiger partial charge < -0.3 is 5.73 Å². The fraction of sp³-hybridized carbons (Fsp3) is 0. The normalized spacial score (nSPS) is 11.2. The van der Waals surface area contributed by atoms with Gasteiger partial charge in [0.2, 0.25) is 0 Å². The Morgan fingerprint density at radius 2 is 2.00 bits per heavy atom. The predicted octanol–water partition coefficient (Wildman–Crippen LogP) is 3.95. The lowest BCUT2D eigenvalue weighted by atomic mass is 10.4. The van der Waals surface area contributed by atoms with Gasteiger partial charge in [-0.25, -0.2) is 4.98 Å². The molecular formula is C11H7Cl2N3S. The number of nitrogens with zero attached hydrogens (tertiary/aromatic N) is 2. The molecule has 0 aliphatic carbocycles. The number of anilines is 1. The molecule has 3 nitrogen and oxygen atoms in total. The van der Waals surface area contributed by atoms with E-state index in [0.717, 1.165) is 20.6 Å². The summed E-state index contributed by atoms with van der Waals surface area (Å²) in [7, 11) is 0. The van der Waals surface area contributed by atoms with Crippen LogP contribution in [0.3, 0.4) is 0 Å². The Morgan fingerprint density at radius 3 is 2.71 bits per heavy atom. The minimum atomic E-state index is 0.463. The minimum Gasteiger partial charge on any atom is -0.398 e. The van der Waals surface area contributed by atoms with Gasteiger partial charge in [-0.2, -0.15) is 0 Å². The number of nitrogens with two attached hydrogens (primary N) is 1. The van der Waals surface area contributed by atoms with Gasteiger partial charge in [0, 0.05) is 11.9 Å². The van der Waals surface area contributed by atoms with E-state index in [-0.39, 0.29) is 0 Å². The number of thiophene rings is 1. The summed E-state index contributed by atoms with van der Waals surface area (Å²) in [6.07, 6.45) is 1.80. The zero-order valence-corrected chi connectivity index (χ0v) is 10.9. The van der Waals surface area contributed by atoms with Crippen LogP contribution in [0.1, 0.15) is 0 Å². The van der Waals surface area contributed by atoms with E-state index in [0.29, 0.717) is 10.8 Å². The summed E-state index contributed by atoms with van der Waals surface area (Å²) in [6.45, 7) is 0. The van der Waals surface area contributed by atoms with Gasteiger partial charge in [-0.1, -0.05) is 23.2 Å². The van der Waals surface area contributed by atoms with E-state index in [1.807, 2.05) is 22.6 Å². The average Bonchev–Trinajstić information content (AvgIpc) is 2.83. The lowest BCUT2D eigenvalue weighted by Gasteiger charge is -1.99.